The van der Waals surface area contributed by atoms with Gasteiger partial charge in [0.25, 0.3) is 0 Å². The molecule has 1 heterocycles. The summed E-state index contributed by atoms with van der Waals surface area (Å²) < 4.78 is 7.54. The molecule has 0 fully saturated rings. The molecule has 1 aromatic carbocycles. The molecular formula is C15H21N3O. The molecule has 0 aliphatic carbocycles. The van der Waals surface area contributed by atoms with E-state index in [0.29, 0.717) is 6.61 Å². The molecule has 0 amide bonds. The predicted molar refractivity (Wildman–Crippen MR) is 76.2 cm³/mol. The lowest BCUT2D eigenvalue weighted by molar-refractivity contribution is 0.340. The van der Waals surface area contributed by atoms with Gasteiger partial charge in [-0.15, -0.1) is 0 Å². The average Bonchev–Trinajstić information content (AvgIpc) is 2.81. The Morgan fingerprint density at radius 3 is 3.00 bits per heavy atom. The molecular weight excluding hydrogens is 238 g/mol. The summed E-state index contributed by atoms with van der Waals surface area (Å²) in [6.07, 6.45) is 4.75. The number of hydrogen-bond donors (Lipinski definition) is 1. The van der Waals surface area contributed by atoms with E-state index in [1.54, 1.807) is 0 Å². The molecule has 19 heavy (non-hydrogen) atoms. The molecule has 2 aromatic rings. The molecule has 1 aromatic heterocycles. The van der Waals surface area contributed by atoms with Crippen molar-refractivity contribution in [3.63, 3.8) is 0 Å². The Morgan fingerprint density at radius 2 is 2.26 bits per heavy atom. The van der Waals surface area contributed by atoms with Gasteiger partial charge in [-0.05, 0) is 24.6 Å². The van der Waals surface area contributed by atoms with Crippen LogP contribution in [0.4, 0.5) is 0 Å². The molecule has 1 N–H and O–H groups in total. The number of imidazole rings is 1. The van der Waals surface area contributed by atoms with Crippen LogP contribution >= 0.6 is 0 Å². The largest absolute Gasteiger partial charge is 0.494 e. The van der Waals surface area contributed by atoms with Crippen molar-refractivity contribution in [2.24, 2.45) is 7.05 Å². The highest BCUT2D eigenvalue weighted by Crippen LogP contribution is 2.12. The van der Waals surface area contributed by atoms with Crippen molar-refractivity contribution < 1.29 is 4.74 Å². The van der Waals surface area contributed by atoms with E-state index in [1.165, 1.54) is 5.56 Å². The first-order valence-corrected chi connectivity index (χ1v) is 6.68. The normalized spacial score (nSPS) is 10.6. The van der Waals surface area contributed by atoms with Gasteiger partial charge < -0.3 is 14.6 Å². The van der Waals surface area contributed by atoms with E-state index in [-0.39, 0.29) is 0 Å². The van der Waals surface area contributed by atoms with Crippen LogP contribution in [0.15, 0.2) is 36.7 Å². The van der Waals surface area contributed by atoms with Gasteiger partial charge in [-0.3, -0.25) is 0 Å². The molecule has 0 unspecified atom stereocenters. The van der Waals surface area contributed by atoms with Crippen molar-refractivity contribution in [3.05, 3.63) is 48.0 Å². The van der Waals surface area contributed by atoms with E-state index in [1.807, 2.05) is 38.5 Å². The van der Waals surface area contributed by atoms with Crippen molar-refractivity contribution in [3.8, 4) is 5.75 Å². The topological polar surface area (TPSA) is 39.1 Å². The second-order valence-electron chi connectivity index (χ2n) is 4.46. The van der Waals surface area contributed by atoms with Crippen molar-refractivity contribution in [1.82, 2.24) is 14.9 Å². The average molecular weight is 259 g/mol. The Hall–Kier alpha value is -1.81. The van der Waals surface area contributed by atoms with Crippen LogP contribution in [0.1, 0.15) is 18.3 Å². The maximum absolute atomic E-state index is 5.49. The van der Waals surface area contributed by atoms with Crippen molar-refractivity contribution >= 4 is 0 Å². The summed E-state index contributed by atoms with van der Waals surface area (Å²) in [5.74, 6) is 2.04. The minimum atomic E-state index is 0.704. The summed E-state index contributed by atoms with van der Waals surface area (Å²) in [6, 6.07) is 8.20. The minimum absolute atomic E-state index is 0.704. The van der Waals surface area contributed by atoms with Gasteiger partial charge in [0.15, 0.2) is 0 Å². The van der Waals surface area contributed by atoms with E-state index >= 15 is 0 Å². The minimum Gasteiger partial charge on any atom is -0.494 e. The molecule has 4 nitrogen and oxygen atoms in total. The lowest BCUT2D eigenvalue weighted by Gasteiger charge is -2.07. The van der Waals surface area contributed by atoms with Crippen molar-refractivity contribution in [1.29, 1.82) is 0 Å². The monoisotopic (exact) mass is 259 g/mol. The van der Waals surface area contributed by atoms with E-state index in [0.717, 1.165) is 31.1 Å². The fraction of sp³-hybridized carbons (Fsp3) is 0.400. The third kappa shape index (κ3) is 4.10. The molecule has 0 saturated carbocycles. The Morgan fingerprint density at radius 1 is 1.37 bits per heavy atom. The predicted octanol–water partition coefficient (Wildman–Crippen LogP) is 2.15. The molecule has 0 aliphatic heterocycles. The third-order valence-corrected chi connectivity index (χ3v) is 2.98. The fourth-order valence-electron chi connectivity index (χ4n) is 1.98. The van der Waals surface area contributed by atoms with Crippen LogP contribution in [0.5, 0.6) is 5.75 Å². The number of benzene rings is 1. The summed E-state index contributed by atoms with van der Waals surface area (Å²) in [7, 11) is 2.02. The number of aryl methyl sites for hydroxylation is 1. The highest BCUT2D eigenvalue weighted by molar-refractivity contribution is 5.28. The first kappa shape index (κ1) is 13.6. The molecule has 0 saturated heterocycles. The Balaban J connectivity index is 1.76. The maximum Gasteiger partial charge on any atom is 0.119 e. The molecule has 0 atom stereocenters. The van der Waals surface area contributed by atoms with E-state index in [4.69, 9.17) is 4.74 Å². The Labute approximate surface area is 114 Å². The zero-order valence-electron chi connectivity index (χ0n) is 11.6. The van der Waals surface area contributed by atoms with Crippen LogP contribution in [0.2, 0.25) is 0 Å². The molecule has 0 spiro atoms. The zero-order chi connectivity index (χ0) is 13.5. The fourth-order valence-corrected chi connectivity index (χ4v) is 1.98. The van der Waals surface area contributed by atoms with Crippen LogP contribution in [0.3, 0.4) is 0 Å². The van der Waals surface area contributed by atoms with E-state index < -0.39 is 0 Å². The van der Waals surface area contributed by atoms with Crippen LogP contribution in [-0.2, 0) is 20.0 Å². The van der Waals surface area contributed by atoms with Crippen LogP contribution < -0.4 is 10.1 Å². The van der Waals surface area contributed by atoms with E-state index in [2.05, 4.69) is 27.0 Å². The lowest BCUT2D eigenvalue weighted by Crippen LogP contribution is -2.18. The number of nitrogens with zero attached hydrogens (tertiary/aromatic N) is 2. The zero-order valence-corrected chi connectivity index (χ0v) is 11.6. The lowest BCUT2D eigenvalue weighted by atomic mass is 10.2. The number of aromatic nitrogens is 2. The summed E-state index contributed by atoms with van der Waals surface area (Å²) in [5.41, 5.74) is 1.24. The van der Waals surface area contributed by atoms with Gasteiger partial charge >= 0.3 is 0 Å². The SMILES string of the molecule is CCOc1cccc(CNCCc2nccn2C)c1. The van der Waals surface area contributed by atoms with Crippen molar-refractivity contribution in [2.45, 2.75) is 19.9 Å². The Bertz CT molecular complexity index is 508. The Kier molecular flexibility index (Phi) is 4.98. The summed E-state index contributed by atoms with van der Waals surface area (Å²) >= 11 is 0. The van der Waals surface area contributed by atoms with Gasteiger partial charge in [-0.2, -0.15) is 0 Å². The second-order valence-corrected chi connectivity index (χ2v) is 4.46. The molecule has 2 rings (SSSR count). The smallest absolute Gasteiger partial charge is 0.119 e. The summed E-state index contributed by atoms with van der Waals surface area (Å²) in [5, 5.41) is 3.43. The summed E-state index contributed by atoms with van der Waals surface area (Å²) in [6.45, 7) is 4.48. The molecule has 0 bridgehead atoms. The molecule has 0 radical (unpaired) electrons. The summed E-state index contributed by atoms with van der Waals surface area (Å²) in [4.78, 5) is 4.30. The first-order valence-electron chi connectivity index (χ1n) is 6.68. The van der Waals surface area contributed by atoms with Gasteiger partial charge in [0.05, 0.1) is 6.61 Å². The van der Waals surface area contributed by atoms with Crippen LogP contribution in [-0.4, -0.2) is 22.7 Å². The number of hydrogen-bond acceptors (Lipinski definition) is 3. The van der Waals surface area contributed by atoms with Gasteiger partial charge in [-0.25, -0.2) is 4.98 Å². The first-order chi connectivity index (χ1) is 9.29. The highest BCUT2D eigenvalue weighted by atomic mass is 16.5. The molecule has 0 aliphatic rings. The molecule has 4 heteroatoms. The van der Waals surface area contributed by atoms with E-state index in [9.17, 15) is 0 Å². The van der Waals surface area contributed by atoms with Gasteiger partial charge in [0.1, 0.15) is 11.6 Å². The van der Waals surface area contributed by atoms with Gasteiger partial charge in [0, 0.05) is 39.0 Å². The molecule has 102 valence electrons. The number of ether oxygens (including phenoxy) is 1. The standard InChI is InChI=1S/C15H21N3O/c1-3-19-14-6-4-5-13(11-14)12-16-8-7-15-17-9-10-18(15)2/h4-6,9-11,16H,3,7-8,12H2,1-2H3. The van der Waals surface area contributed by atoms with Gasteiger partial charge in [-0.1, -0.05) is 12.1 Å². The number of rotatable bonds is 7. The third-order valence-electron chi connectivity index (χ3n) is 2.98. The van der Waals surface area contributed by atoms with Crippen LogP contribution in [0, 0.1) is 0 Å². The van der Waals surface area contributed by atoms with Crippen LogP contribution in [0.25, 0.3) is 0 Å². The highest BCUT2D eigenvalue weighted by Gasteiger charge is 1.99. The maximum atomic E-state index is 5.49. The van der Waals surface area contributed by atoms with Gasteiger partial charge in [0.2, 0.25) is 0 Å². The number of nitrogens with one attached hydrogen (secondary N) is 1. The van der Waals surface area contributed by atoms with Crippen molar-refractivity contribution in [2.75, 3.05) is 13.2 Å². The second kappa shape index (κ2) is 6.95. The quantitative estimate of drug-likeness (QED) is 0.774.